The van der Waals surface area contributed by atoms with Crippen LogP contribution in [0.15, 0.2) is 75.5 Å². The number of rotatable bonds is 9. The van der Waals surface area contributed by atoms with Gasteiger partial charge in [-0.1, -0.05) is 30.0 Å². The van der Waals surface area contributed by atoms with Gasteiger partial charge in [0.2, 0.25) is 5.91 Å². The monoisotopic (exact) mass is 469 g/mol. The Labute approximate surface area is 194 Å². The van der Waals surface area contributed by atoms with Crippen LogP contribution >= 0.6 is 23.5 Å². The minimum absolute atomic E-state index is 0.245. The predicted molar refractivity (Wildman–Crippen MR) is 127 cm³/mol. The van der Waals surface area contributed by atoms with Crippen molar-refractivity contribution in [2.24, 2.45) is 0 Å². The molecule has 0 spiro atoms. The number of aromatic amines is 1. The summed E-state index contributed by atoms with van der Waals surface area (Å²) in [5.74, 6) is -0.102. The first-order valence-electron chi connectivity index (χ1n) is 9.97. The van der Waals surface area contributed by atoms with Gasteiger partial charge >= 0.3 is 5.97 Å². The molecule has 0 aliphatic carbocycles. The first-order valence-corrected chi connectivity index (χ1v) is 11.8. The minimum Gasteiger partial charge on any atom is -0.462 e. The van der Waals surface area contributed by atoms with Crippen LogP contribution in [0.5, 0.6) is 0 Å². The Morgan fingerprint density at radius 2 is 1.84 bits per heavy atom. The minimum atomic E-state index is -0.500. The van der Waals surface area contributed by atoms with E-state index in [1.54, 1.807) is 49.9 Å². The van der Waals surface area contributed by atoms with Crippen LogP contribution in [0.25, 0.3) is 0 Å². The SMILES string of the molecule is CCOC(=O)c1ccc(NC(=O)C(C)Sc2nc(CSc3ccccc3)cc(=O)[nH]2)cc1. The molecule has 0 bridgehead atoms. The number of thioether (sulfide) groups is 2. The molecule has 2 aromatic carbocycles. The molecule has 0 saturated heterocycles. The maximum atomic E-state index is 12.6. The molecule has 0 fully saturated rings. The molecule has 0 saturated carbocycles. The molecule has 1 atom stereocenters. The molecule has 3 rings (SSSR count). The summed E-state index contributed by atoms with van der Waals surface area (Å²) in [5.41, 5.74) is 1.37. The number of anilines is 1. The lowest BCUT2D eigenvalue weighted by atomic mass is 10.2. The second-order valence-electron chi connectivity index (χ2n) is 6.69. The fourth-order valence-corrected chi connectivity index (χ4v) is 4.30. The number of aromatic nitrogens is 2. The molecule has 166 valence electrons. The largest absolute Gasteiger partial charge is 0.462 e. The number of nitrogens with one attached hydrogen (secondary N) is 2. The molecule has 1 heterocycles. The van der Waals surface area contributed by atoms with E-state index in [1.165, 1.54) is 17.8 Å². The zero-order chi connectivity index (χ0) is 22.9. The molecular weight excluding hydrogens is 446 g/mol. The van der Waals surface area contributed by atoms with Crippen molar-refractivity contribution in [1.82, 2.24) is 9.97 Å². The number of carbonyl (C=O) groups is 2. The Bertz CT molecular complexity index is 1120. The van der Waals surface area contributed by atoms with Crippen LogP contribution in [0.4, 0.5) is 5.69 Å². The summed E-state index contributed by atoms with van der Waals surface area (Å²) in [6.07, 6.45) is 0. The number of ether oxygens (including phenoxy) is 1. The van der Waals surface area contributed by atoms with Crippen LogP contribution in [0.1, 0.15) is 29.9 Å². The Hall–Kier alpha value is -3.04. The number of amides is 1. The Balaban J connectivity index is 1.59. The molecule has 9 heteroatoms. The molecule has 7 nitrogen and oxygen atoms in total. The summed E-state index contributed by atoms with van der Waals surface area (Å²) in [7, 11) is 0. The average Bonchev–Trinajstić information content (AvgIpc) is 2.78. The van der Waals surface area contributed by atoms with Gasteiger partial charge in [-0.25, -0.2) is 9.78 Å². The standard InChI is InChI=1S/C23H23N3O4S2/c1-3-30-22(29)16-9-11-17(12-10-16)24-21(28)15(2)32-23-25-18(13-20(27)26-23)14-31-19-7-5-4-6-8-19/h4-13,15H,3,14H2,1-2H3,(H,24,28)(H,25,26,27). The fourth-order valence-electron chi connectivity index (χ4n) is 2.66. The van der Waals surface area contributed by atoms with Crippen LogP contribution in [0.3, 0.4) is 0 Å². The van der Waals surface area contributed by atoms with Gasteiger partial charge in [0, 0.05) is 22.4 Å². The van der Waals surface area contributed by atoms with Crippen molar-refractivity contribution in [3.05, 3.63) is 82.3 Å². The highest BCUT2D eigenvalue weighted by Crippen LogP contribution is 2.24. The number of benzene rings is 2. The summed E-state index contributed by atoms with van der Waals surface area (Å²) < 4.78 is 4.95. The first-order chi connectivity index (χ1) is 15.4. The first kappa shape index (κ1) is 23.6. The van der Waals surface area contributed by atoms with Gasteiger partial charge in [-0.15, -0.1) is 11.8 Å². The molecule has 0 radical (unpaired) electrons. The highest BCUT2D eigenvalue weighted by molar-refractivity contribution is 8.00. The Kier molecular flexibility index (Phi) is 8.52. The van der Waals surface area contributed by atoms with Crippen molar-refractivity contribution >= 4 is 41.1 Å². The van der Waals surface area contributed by atoms with Crippen molar-refractivity contribution < 1.29 is 14.3 Å². The highest BCUT2D eigenvalue weighted by atomic mass is 32.2. The van der Waals surface area contributed by atoms with E-state index in [4.69, 9.17) is 4.74 Å². The molecule has 1 aromatic heterocycles. The highest BCUT2D eigenvalue weighted by Gasteiger charge is 2.17. The van der Waals surface area contributed by atoms with E-state index in [1.807, 2.05) is 30.3 Å². The van der Waals surface area contributed by atoms with Gasteiger partial charge in [-0.3, -0.25) is 9.59 Å². The van der Waals surface area contributed by atoms with Gasteiger partial charge < -0.3 is 15.0 Å². The lowest BCUT2D eigenvalue weighted by Gasteiger charge is -2.12. The van der Waals surface area contributed by atoms with Crippen molar-refractivity contribution in [3.63, 3.8) is 0 Å². The van der Waals surface area contributed by atoms with E-state index < -0.39 is 11.2 Å². The number of hydrogen-bond acceptors (Lipinski definition) is 7. The van der Waals surface area contributed by atoms with Gasteiger partial charge in [-0.05, 0) is 50.2 Å². The molecule has 1 unspecified atom stereocenters. The Morgan fingerprint density at radius 3 is 2.53 bits per heavy atom. The van der Waals surface area contributed by atoms with Crippen LogP contribution in [0, 0.1) is 0 Å². The van der Waals surface area contributed by atoms with Gasteiger partial charge in [-0.2, -0.15) is 0 Å². The summed E-state index contributed by atoms with van der Waals surface area (Å²) in [4.78, 5) is 44.6. The molecule has 3 aromatic rings. The van der Waals surface area contributed by atoms with Crippen LogP contribution in [0.2, 0.25) is 0 Å². The molecule has 0 aliphatic rings. The van der Waals surface area contributed by atoms with Gasteiger partial charge in [0.25, 0.3) is 5.56 Å². The van der Waals surface area contributed by atoms with Gasteiger partial charge in [0.15, 0.2) is 5.16 Å². The second-order valence-corrected chi connectivity index (χ2v) is 9.07. The lowest BCUT2D eigenvalue weighted by Crippen LogP contribution is -2.23. The van der Waals surface area contributed by atoms with E-state index in [0.717, 1.165) is 4.90 Å². The van der Waals surface area contributed by atoms with Crippen LogP contribution < -0.4 is 10.9 Å². The molecule has 1 amide bonds. The molecule has 0 aliphatic heterocycles. The van der Waals surface area contributed by atoms with E-state index in [9.17, 15) is 14.4 Å². The smallest absolute Gasteiger partial charge is 0.338 e. The number of H-pyrrole nitrogens is 1. The number of carbonyl (C=O) groups excluding carboxylic acids is 2. The van der Waals surface area contributed by atoms with Crippen molar-refractivity contribution in [3.8, 4) is 0 Å². The van der Waals surface area contributed by atoms with Crippen LogP contribution in [-0.4, -0.2) is 33.7 Å². The van der Waals surface area contributed by atoms with Gasteiger partial charge in [0.1, 0.15) is 0 Å². The summed E-state index contributed by atoms with van der Waals surface area (Å²) in [6.45, 7) is 3.78. The third-order valence-corrected chi connectivity index (χ3v) is 6.25. The summed E-state index contributed by atoms with van der Waals surface area (Å²) in [6, 6.07) is 17.8. The molecular formula is C23H23N3O4S2. The second kappa shape index (κ2) is 11.5. The van der Waals surface area contributed by atoms with E-state index in [0.29, 0.717) is 34.5 Å². The third-order valence-electron chi connectivity index (χ3n) is 4.22. The predicted octanol–water partition coefficient (Wildman–Crippen LogP) is 4.36. The normalized spacial score (nSPS) is 11.6. The van der Waals surface area contributed by atoms with E-state index in [2.05, 4.69) is 15.3 Å². The topological polar surface area (TPSA) is 101 Å². The van der Waals surface area contributed by atoms with Crippen molar-refractivity contribution in [2.75, 3.05) is 11.9 Å². The van der Waals surface area contributed by atoms with Crippen molar-refractivity contribution in [1.29, 1.82) is 0 Å². The number of nitrogens with zero attached hydrogens (tertiary/aromatic N) is 1. The van der Waals surface area contributed by atoms with E-state index >= 15 is 0 Å². The summed E-state index contributed by atoms with van der Waals surface area (Å²) in [5, 5.41) is 2.69. The van der Waals surface area contributed by atoms with Crippen molar-refractivity contribution in [2.45, 2.75) is 34.9 Å². The fraction of sp³-hybridized carbons (Fsp3) is 0.217. The number of hydrogen-bond donors (Lipinski definition) is 2. The maximum Gasteiger partial charge on any atom is 0.338 e. The lowest BCUT2D eigenvalue weighted by molar-refractivity contribution is -0.115. The van der Waals surface area contributed by atoms with Gasteiger partial charge in [0.05, 0.1) is 23.1 Å². The van der Waals surface area contributed by atoms with E-state index in [-0.39, 0.29) is 11.5 Å². The number of esters is 1. The Morgan fingerprint density at radius 1 is 1.12 bits per heavy atom. The molecule has 32 heavy (non-hydrogen) atoms. The molecule has 2 N–H and O–H groups in total. The third kappa shape index (κ3) is 7.00. The zero-order valence-electron chi connectivity index (χ0n) is 17.7. The summed E-state index contributed by atoms with van der Waals surface area (Å²) >= 11 is 2.76. The zero-order valence-corrected chi connectivity index (χ0v) is 19.3. The van der Waals surface area contributed by atoms with Crippen LogP contribution in [-0.2, 0) is 15.3 Å². The average molecular weight is 470 g/mol. The quantitative estimate of drug-likeness (QED) is 0.273. The maximum absolute atomic E-state index is 12.6.